The molecule has 0 bridgehead atoms. The number of nitrogens with two attached hydrogens (primary N) is 1. The van der Waals surface area contributed by atoms with Crippen molar-refractivity contribution in [3.05, 3.63) is 12.7 Å². The second-order valence-electron chi connectivity index (χ2n) is 1.68. The minimum atomic E-state index is -0.230. The van der Waals surface area contributed by atoms with Crippen LogP contribution >= 0.6 is 31.4 Å². The van der Waals surface area contributed by atoms with E-state index < -0.39 is 0 Å². The van der Waals surface area contributed by atoms with Crippen LogP contribution in [0.3, 0.4) is 0 Å². The summed E-state index contributed by atoms with van der Waals surface area (Å²) in [5, 5.41) is 0. The Balaban J connectivity index is 2.90. The minimum Gasteiger partial charge on any atom is -0.370 e. The lowest BCUT2D eigenvalue weighted by Gasteiger charge is -1.95. The molecule has 64 valence electrons. The van der Waals surface area contributed by atoms with Gasteiger partial charge in [-0.1, -0.05) is 27.7 Å². The van der Waals surface area contributed by atoms with Gasteiger partial charge in [0, 0.05) is 17.9 Å². The summed E-state index contributed by atoms with van der Waals surface area (Å²) in [6.07, 6.45) is 2.32. The molecule has 0 spiro atoms. The monoisotopic (exact) mass is 209 g/mol. The van der Waals surface area contributed by atoms with Crippen LogP contribution in [0.15, 0.2) is 12.7 Å². The highest BCUT2D eigenvalue weighted by Crippen LogP contribution is 2.34. The molecule has 0 heterocycles. The first-order valence-electron chi connectivity index (χ1n) is 3.07. The number of amides is 1. The molecule has 11 heavy (non-hydrogen) atoms. The summed E-state index contributed by atoms with van der Waals surface area (Å²) >= 11 is 0. The molecule has 0 fully saturated rings. The number of carbonyl (C=O) groups excluding carboxylic acids is 1. The van der Waals surface area contributed by atoms with Crippen molar-refractivity contribution < 1.29 is 4.79 Å². The van der Waals surface area contributed by atoms with E-state index in [-0.39, 0.29) is 5.91 Å². The highest BCUT2D eigenvalue weighted by atomic mass is 33.5. The predicted molar refractivity (Wildman–Crippen MR) is 56.5 cm³/mol. The van der Waals surface area contributed by atoms with Crippen molar-refractivity contribution in [2.45, 2.75) is 6.42 Å². The van der Waals surface area contributed by atoms with Gasteiger partial charge >= 0.3 is 0 Å². The van der Waals surface area contributed by atoms with Crippen molar-refractivity contribution in [2.24, 2.45) is 5.73 Å². The smallest absolute Gasteiger partial charge is 0.218 e. The molecule has 1 amide bonds. The first-order chi connectivity index (χ1) is 5.27. The third-order valence-electron chi connectivity index (χ3n) is 0.714. The lowest BCUT2D eigenvalue weighted by Crippen LogP contribution is -2.10. The topological polar surface area (TPSA) is 43.1 Å². The fraction of sp³-hybridized carbons (Fsp3) is 0.500. The lowest BCUT2D eigenvalue weighted by molar-refractivity contribution is -0.117. The summed E-state index contributed by atoms with van der Waals surface area (Å²) in [5.41, 5.74) is 4.95. The van der Waals surface area contributed by atoms with Crippen LogP contribution in [0.4, 0.5) is 0 Å². The van der Waals surface area contributed by atoms with Gasteiger partial charge in [-0.2, -0.15) is 0 Å². The molecule has 0 rings (SSSR count). The Labute approximate surface area is 78.5 Å². The first-order valence-corrected chi connectivity index (χ1v) is 6.89. The molecular weight excluding hydrogens is 198 g/mol. The molecule has 0 atom stereocenters. The Hall–Kier alpha value is 0.260. The SMILES string of the molecule is C=CCSSSCCC(N)=O. The number of primary amides is 1. The average molecular weight is 209 g/mol. The number of rotatable bonds is 7. The minimum absolute atomic E-state index is 0.230. The Morgan fingerprint density at radius 2 is 2.27 bits per heavy atom. The predicted octanol–water partition coefficient (Wildman–Crippen LogP) is 2.08. The van der Waals surface area contributed by atoms with E-state index in [0.29, 0.717) is 6.42 Å². The van der Waals surface area contributed by atoms with Crippen molar-refractivity contribution in [1.82, 2.24) is 0 Å². The molecule has 0 aliphatic carbocycles. The van der Waals surface area contributed by atoms with Gasteiger partial charge in [0.1, 0.15) is 0 Å². The van der Waals surface area contributed by atoms with E-state index in [1.165, 1.54) is 0 Å². The van der Waals surface area contributed by atoms with Gasteiger partial charge in [-0.25, -0.2) is 0 Å². The summed E-state index contributed by atoms with van der Waals surface area (Å²) in [6.45, 7) is 3.59. The number of hydrogen-bond donors (Lipinski definition) is 1. The molecule has 0 saturated heterocycles. The molecule has 0 aliphatic rings. The molecule has 2 nitrogen and oxygen atoms in total. The summed E-state index contributed by atoms with van der Waals surface area (Å²) in [7, 11) is 5.04. The molecule has 0 aromatic carbocycles. The first kappa shape index (κ1) is 11.3. The maximum absolute atomic E-state index is 10.3. The Morgan fingerprint density at radius 3 is 2.82 bits per heavy atom. The third-order valence-corrected chi connectivity index (χ3v) is 4.87. The second kappa shape index (κ2) is 8.36. The number of carbonyl (C=O) groups is 1. The van der Waals surface area contributed by atoms with E-state index in [4.69, 9.17) is 5.73 Å². The fourth-order valence-electron chi connectivity index (χ4n) is 0.286. The molecule has 0 aliphatic heterocycles. The fourth-order valence-corrected chi connectivity index (χ4v) is 3.70. The quantitative estimate of drug-likeness (QED) is 0.396. The molecule has 0 unspecified atom stereocenters. The van der Waals surface area contributed by atoms with Crippen LogP contribution in [-0.4, -0.2) is 17.4 Å². The molecule has 5 heteroatoms. The van der Waals surface area contributed by atoms with E-state index in [2.05, 4.69) is 6.58 Å². The zero-order chi connectivity index (χ0) is 8.53. The van der Waals surface area contributed by atoms with E-state index >= 15 is 0 Å². The highest BCUT2D eigenvalue weighted by molar-refractivity contribution is 9.09. The van der Waals surface area contributed by atoms with Crippen LogP contribution in [0.1, 0.15) is 6.42 Å². The Morgan fingerprint density at radius 1 is 1.55 bits per heavy atom. The zero-order valence-electron chi connectivity index (χ0n) is 6.12. The molecule has 2 N–H and O–H groups in total. The van der Waals surface area contributed by atoms with Gasteiger partial charge in [-0.3, -0.25) is 4.79 Å². The largest absolute Gasteiger partial charge is 0.370 e. The standard InChI is InChI=1S/C6H11NOS3/c1-2-4-9-11-10-5-3-6(7)8/h2H,1,3-5H2,(H2,7,8). The highest BCUT2D eigenvalue weighted by Gasteiger charge is 1.94. The van der Waals surface area contributed by atoms with Crippen molar-refractivity contribution >= 4 is 37.3 Å². The molecule has 0 radical (unpaired) electrons. The van der Waals surface area contributed by atoms with Crippen LogP contribution < -0.4 is 5.73 Å². The van der Waals surface area contributed by atoms with Crippen LogP contribution in [0.5, 0.6) is 0 Å². The Kier molecular flexibility index (Phi) is 8.56. The third kappa shape index (κ3) is 10.3. The van der Waals surface area contributed by atoms with E-state index in [1.807, 2.05) is 6.08 Å². The Bertz CT molecular complexity index is 129. The average Bonchev–Trinajstić information content (AvgIpc) is 1.96. The van der Waals surface area contributed by atoms with E-state index in [1.54, 1.807) is 31.4 Å². The summed E-state index contributed by atoms with van der Waals surface area (Å²) in [5.74, 6) is 1.50. The second-order valence-corrected chi connectivity index (χ2v) is 6.08. The van der Waals surface area contributed by atoms with E-state index in [0.717, 1.165) is 11.5 Å². The molecule has 0 aromatic rings. The van der Waals surface area contributed by atoms with Crippen LogP contribution in [0.25, 0.3) is 0 Å². The molecular formula is C6H11NOS3. The normalized spacial score (nSPS) is 9.45. The number of hydrogen-bond acceptors (Lipinski definition) is 4. The summed E-state index contributed by atoms with van der Waals surface area (Å²) in [4.78, 5) is 10.3. The van der Waals surface area contributed by atoms with Crippen molar-refractivity contribution in [1.29, 1.82) is 0 Å². The van der Waals surface area contributed by atoms with Crippen molar-refractivity contribution in [3.63, 3.8) is 0 Å². The van der Waals surface area contributed by atoms with Gasteiger partial charge in [0.15, 0.2) is 0 Å². The molecule has 0 saturated carbocycles. The van der Waals surface area contributed by atoms with Crippen LogP contribution in [0, 0.1) is 0 Å². The van der Waals surface area contributed by atoms with Crippen LogP contribution in [0.2, 0.25) is 0 Å². The van der Waals surface area contributed by atoms with Crippen molar-refractivity contribution in [2.75, 3.05) is 11.5 Å². The van der Waals surface area contributed by atoms with E-state index in [9.17, 15) is 4.79 Å². The van der Waals surface area contributed by atoms with Gasteiger partial charge in [-0.15, -0.1) is 6.58 Å². The zero-order valence-corrected chi connectivity index (χ0v) is 8.57. The summed E-state index contributed by atoms with van der Waals surface area (Å²) < 4.78 is 0. The van der Waals surface area contributed by atoms with Crippen LogP contribution in [-0.2, 0) is 4.79 Å². The summed E-state index contributed by atoms with van der Waals surface area (Å²) in [6, 6.07) is 0. The van der Waals surface area contributed by atoms with Crippen molar-refractivity contribution in [3.8, 4) is 0 Å². The van der Waals surface area contributed by atoms with Gasteiger partial charge in [0.25, 0.3) is 0 Å². The van der Waals surface area contributed by atoms with Gasteiger partial charge < -0.3 is 5.73 Å². The lowest BCUT2D eigenvalue weighted by atomic mass is 10.5. The van der Waals surface area contributed by atoms with Gasteiger partial charge in [0.2, 0.25) is 5.91 Å². The maximum Gasteiger partial charge on any atom is 0.218 e. The van der Waals surface area contributed by atoms with Gasteiger partial charge in [-0.05, 0) is 9.83 Å². The maximum atomic E-state index is 10.3. The molecule has 0 aromatic heterocycles. The van der Waals surface area contributed by atoms with Gasteiger partial charge in [0.05, 0.1) is 0 Å².